The molecule has 1 N–H and O–H groups in total. The molecule has 0 saturated heterocycles. The third-order valence-electron chi connectivity index (χ3n) is 6.14. The number of carboxylic acid groups (broad SMARTS) is 1. The lowest BCUT2D eigenvalue weighted by Crippen LogP contribution is -2.41. The lowest BCUT2D eigenvalue weighted by Gasteiger charge is -2.32. The van der Waals surface area contributed by atoms with Crippen molar-refractivity contribution >= 4 is 23.7 Å². The number of carboxylic acids is 1. The van der Waals surface area contributed by atoms with Crippen LogP contribution in [0.15, 0.2) is 66.7 Å². The first-order chi connectivity index (χ1) is 15.0. The van der Waals surface area contributed by atoms with Gasteiger partial charge < -0.3 is 14.7 Å². The van der Waals surface area contributed by atoms with Gasteiger partial charge in [0.15, 0.2) is 0 Å². The summed E-state index contributed by atoms with van der Waals surface area (Å²) in [4.78, 5) is 26.2. The topological polar surface area (TPSA) is 66.8 Å². The van der Waals surface area contributed by atoms with Crippen LogP contribution in [0.25, 0.3) is 11.1 Å². The van der Waals surface area contributed by atoms with Crippen LogP contribution in [-0.2, 0) is 16.1 Å². The third kappa shape index (κ3) is 3.45. The molecule has 1 unspecified atom stereocenters. The highest BCUT2D eigenvalue weighted by atomic mass is 35.5. The van der Waals surface area contributed by atoms with E-state index >= 15 is 0 Å². The minimum Gasteiger partial charge on any atom is -0.481 e. The summed E-state index contributed by atoms with van der Waals surface area (Å²) in [6, 6.07) is 21.4. The number of amides is 1. The lowest BCUT2D eigenvalue weighted by molar-refractivity contribution is -0.139. The van der Waals surface area contributed by atoms with Gasteiger partial charge in [0.1, 0.15) is 6.61 Å². The van der Waals surface area contributed by atoms with Crippen molar-refractivity contribution < 1.29 is 19.4 Å². The van der Waals surface area contributed by atoms with Crippen molar-refractivity contribution in [1.29, 1.82) is 0 Å². The maximum absolute atomic E-state index is 12.9. The molecule has 0 saturated carbocycles. The number of carbonyl (C=O) groups excluding carboxylic acids is 1. The van der Waals surface area contributed by atoms with Gasteiger partial charge in [-0.05, 0) is 45.5 Å². The molecule has 1 amide bonds. The molecule has 0 bridgehead atoms. The van der Waals surface area contributed by atoms with Crippen LogP contribution in [0.4, 0.5) is 4.79 Å². The van der Waals surface area contributed by atoms with Crippen LogP contribution in [0.1, 0.15) is 34.1 Å². The van der Waals surface area contributed by atoms with Crippen molar-refractivity contribution in [2.24, 2.45) is 0 Å². The number of fused-ring (bicyclic) bond motifs is 4. The summed E-state index contributed by atoms with van der Waals surface area (Å²) in [5.41, 5.74) is 6.03. The molecule has 6 heteroatoms. The molecule has 1 atom stereocenters. The Morgan fingerprint density at radius 1 is 0.968 bits per heavy atom. The fraction of sp³-hybridized carbons (Fsp3) is 0.200. The number of rotatable bonds is 3. The Balaban J connectivity index is 1.36. The van der Waals surface area contributed by atoms with Gasteiger partial charge in [-0.3, -0.25) is 4.79 Å². The summed E-state index contributed by atoms with van der Waals surface area (Å²) >= 11 is 6.05. The molecule has 1 aliphatic heterocycles. The maximum Gasteiger partial charge on any atom is 0.410 e. The quantitative estimate of drug-likeness (QED) is 0.610. The number of hydrogen-bond acceptors (Lipinski definition) is 3. The fourth-order valence-corrected chi connectivity index (χ4v) is 4.84. The first-order valence-corrected chi connectivity index (χ1v) is 10.5. The van der Waals surface area contributed by atoms with Crippen molar-refractivity contribution in [3.8, 4) is 11.1 Å². The standard InChI is InChI=1S/C25H20ClNO4/c26-16-10-9-15-12-27(13-22(24(28)29)21(15)11-16)25(30)31-14-23-19-7-3-1-5-17(19)18-6-2-4-8-20(18)23/h1-11,22-23H,12-14H2,(H,28,29). The van der Waals surface area contributed by atoms with E-state index in [1.165, 1.54) is 4.90 Å². The first-order valence-electron chi connectivity index (χ1n) is 10.1. The first kappa shape index (κ1) is 19.6. The van der Waals surface area contributed by atoms with Crippen LogP contribution in [0, 0.1) is 0 Å². The Hall–Kier alpha value is -3.31. The molecule has 1 aliphatic carbocycles. The summed E-state index contributed by atoms with van der Waals surface area (Å²) < 4.78 is 5.71. The van der Waals surface area contributed by atoms with Crippen molar-refractivity contribution in [2.75, 3.05) is 13.2 Å². The van der Waals surface area contributed by atoms with Crippen LogP contribution in [0.3, 0.4) is 0 Å². The SMILES string of the molecule is O=C(O)C1CN(C(=O)OCC2c3ccccc3-c3ccccc32)Cc2ccc(Cl)cc21. The van der Waals surface area contributed by atoms with Gasteiger partial charge >= 0.3 is 12.1 Å². The van der Waals surface area contributed by atoms with E-state index in [4.69, 9.17) is 16.3 Å². The molecule has 3 aromatic rings. The number of carbonyl (C=O) groups is 2. The summed E-state index contributed by atoms with van der Waals surface area (Å²) in [6.07, 6.45) is -0.506. The van der Waals surface area contributed by atoms with Gasteiger partial charge in [0.05, 0.1) is 5.92 Å². The molecule has 5 rings (SSSR count). The minimum absolute atomic E-state index is 0.0393. The van der Waals surface area contributed by atoms with Crippen molar-refractivity contribution in [3.05, 3.63) is 94.0 Å². The zero-order valence-corrected chi connectivity index (χ0v) is 17.4. The number of ether oxygens (including phenoxy) is 1. The molecule has 5 nitrogen and oxygen atoms in total. The molecule has 31 heavy (non-hydrogen) atoms. The highest BCUT2D eigenvalue weighted by Crippen LogP contribution is 2.44. The predicted molar refractivity (Wildman–Crippen MR) is 117 cm³/mol. The molecule has 3 aromatic carbocycles. The lowest BCUT2D eigenvalue weighted by atomic mass is 9.90. The Labute approximate surface area is 184 Å². The Bertz CT molecular complexity index is 1150. The number of aliphatic carboxylic acids is 1. The van der Waals surface area contributed by atoms with Gasteiger partial charge in [-0.15, -0.1) is 0 Å². The number of hydrogen-bond donors (Lipinski definition) is 1. The molecule has 1 heterocycles. The summed E-state index contributed by atoms with van der Waals surface area (Å²) in [7, 11) is 0. The van der Waals surface area contributed by atoms with E-state index in [0.717, 1.165) is 27.8 Å². The summed E-state index contributed by atoms with van der Waals surface area (Å²) in [5, 5.41) is 10.2. The molecule has 0 spiro atoms. The van der Waals surface area contributed by atoms with E-state index in [1.807, 2.05) is 24.3 Å². The molecule has 2 aliphatic rings. The van der Waals surface area contributed by atoms with E-state index in [9.17, 15) is 14.7 Å². The van der Waals surface area contributed by atoms with Crippen LogP contribution >= 0.6 is 11.6 Å². The van der Waals surface area contributed by atoms with Crippen LogP contribution in [-0.4, -0.2) is 35.2 Å². The molecule has 0 aromatic heterocycles. The van der Waals surface area contributed by atoms with Crippen LogP contribution < -0.4 is 0 Å². The highest BCUT2D eigenvalue weighted by Gasteiger charge is 2.35. The highest BCUT2D eigenvalue weighted by molar-refractivity contribution is 6.30. The number of halogens is 1. The second-order valence-electron chi connectivity index (χ2n) is 7.92. The summed E-state index contributed by atoms with van der Waals surface area (Å²) in [5.74, 6) is -1.86. The zero-order valence-electron chi connectivity index (χ0n) is 16.6. The van der Waals surface area contributed by atoms with Crippen molar-refractivity contribution in [1.82, 2.24) is 4.90 Å². The van der Waals surface area contributed by atoms with Crippen molar-refractivity contribution in [3.63, 3.8) is 0 Å². The average molecular weight is 434 g/mol. The second kappa shape index (κ2) is 7.75. The van der Waals surface area contributed by atoms with Gasteiger partial charge in [-0.2, -0.15) is 0 Å². The largest absolute Gasteiger partial charge is 0.481 e. The molecular formula is C25H20ClNO4. The molecule has 0 fully saturated rings. The minimum atomic E-state index is -0.986. The third-order valence-corrected chi connectivity index (χ3v) is 6.37. The van der Waals surface area contributed by atoms with Gasteiger partial charge in [-0.1, -0.05) is 66.2 Å². The van der Waals surface area contributed by atoms with Gasteiger partial charge in [0.25, 0.3) is 0 Å². The van der Waals surface area contributed by atoms with Crippen LogP contribution in [0.2, 0.25) is 5.02 Å². The average Bonchev–Trinajstić information content (AvgIpc) is 3.10. The normalized spacial score (nSPS) is 16.9. The Morgan fingerprint density at radius 2 is 1.61 bits per heavy atom. The van der Waals surface area contributed by atoms with E-state index in [1.54, 1.807) is 18.2 Å². The molecule has 156 valence electrons. The van der Waals surface area contributed by atoms with E-state index < -0.39 is 18.0 Å². The van der Waals surface area contributed by atoms with E-state index in [2.05, 4.69) is 24.3 Å². The van der Waals surface area contributed by atoms with E-state index in [-0.39, 0.29) is 19.1 Å². The number of benzene rings is 3. The smallest absolute Gasteiger partial charge is 0.410 e. The fourth-order valence-electron chi connectivity index (χ4n) is 4.66. The predicted octanol–water partition coefficient (Wildman–Crippen LogP) is 5.27. The monoisotopic (exact) mass is 433 g/mol. The summed E-state index contributed by atoms with van der Waals surface area (Å²) in [6.45, 7) is 0.556. The van der Waals surface area contributed by atoms with Crippen molar-refractivity contribution in [2.45, 2.75) is 18.4 Å². The molecular weight excluding hydrogens is 414 g/mol. The number of nitrogens with zero attached hydrogens (tertiary/aromatic N) is 1. The van der Waals surface area contributed by atoms with Crippen LogP contribution in [0.5, 0.6) is 0 Å². The Kier molecular flexibility index (Phi) is 4.91. The second-order valence-corrected chi connectivity index (χ2v) is 8.35. The maximum atomic E-state index is 12.9. The van der Waals surface area contributed by atoms with E-state index in [0.29, 0.717) is 17.1 Å². The zero-order chi connectivity index (χ0) is 21.5. The Morgan fingerprint density at radius 3 is 2.26 bits per heavy atom. The molecule has 0 radical (unpaired) electrons. The van der Waals surface area contributed by atoms with Gasteiger partial charge in [0.2, 0.25) is 0 Å². The van der Waals surface area contributed by atoms with Gasteiger partial charge in [0, 0.05) is 24.0 Å². The van der Waals surface area contributed by atoms with Gasteiger partial charge in [-0.25, -0.2) is 4.79 Å².